The predicted molar refractivity (Wildman–Crippen MR) is 132 cm³/mol. The fourth-order valence-electron chi connectivity index (χ4n) is 4.52. The lowest BCUT2D eigenvalue weighted by molar-refractivity contribution is 0.658. The molecule has 5 rings (SSSR count). The van der Waals surface area contributed by atoms with Crippen molar-refractivity contribution >= 4 is 17.2 Å². The van der Waals surface area contributed by atoms with Crippen LogP contribution in [0.25, 0.3) is 16.7 Å². The summed E-state index contributed by atoms with van der Waals surface area (Å²) in [5.41, 5.74) is 7.27. The second-order valence-electron chi connectivity index (χ2n) is 8.02. The maximum Gasteiger partial charge on any atom is 0.0425 e. The summed E-state index contributed by atoms with van der Waals surface area (Å²) in [5.74, 6) is 0. The third-order valence-corrected chi connectivity index (χ3v) is 6.37. The van der Waals surface area contributed by atoms with Gasteiger partial charge in [0.05, 0.1) is 0 Å². The first kappa shape index (κ1) is 19.6. The van der Waals surface area contributed by atoms with Crippen LogP contribution in [0.3, 0.4) is 0 Å². The average Bonchev–Trinajstić information content (AvgIpc) is 2.85. The third-order valence-electron chi connectivity index (χ3n) is 6.14. The van der Waals surface area contributed by atoms with Crippen molar-refractivity contribution < 1.29 is 0 Å². The molecular formula is C30H23Cl. The molecule has 0 fully saturated rings. The summed E-state index contributed by atoms with van der Waals surface area (Å²) in [6.45, 7) is 0. The van der Waals surface area contributed by atoms with Gasteiger partial charge in [0, 0.05) is 10.4 Å². The van der Waals surface area contributed by atoms with Crippen molar-refractivity contribution in [3.63, 3.8) is 0 Å². The summed E-state index contributed by atoms with van der Waals surface area (Å²) in [7, 11) is 0. The molecule has 4 aromatic rings. The Balaban J connectivity index is 1.61. The van der Waals surface area contributed by atoms with Crippen LogP contribution >= 0.6 is 11.6 Å². The van der Waals surface area contributed by atoms with Crippen molar-refractivity contribution in [3.8, 4) is 11.1 Å². The van der Waals surface area contributed by atoms with E-state index in [1.807, 2.05) is 12.1 Å². The molecule has 1 unspecified atom stereocenters. The minimum atomic E-state index is -0.264. The van der Waals surface area contributed by atoms with Crippen molar-refractivity contribution in [1.82, 2.24) is 0 Å². The van der Waals surface area contributed by atoms with Gasteiger partial charge in [-0.1, -0.05) is 127 Å². The minimum absolute atomic E-state index is 0.264. The van der Waals surface area contributed by atoms with Gasteiger partial charge in [-0.05, 0) is 51.9 Å². The van der Waals surface area contributed by atoms with Crippen LogP contribution in [0.15, 0.2) is 127 Å². The van der Waals surface area contributed by atoms with E-state index in [1.165, 1.54) is 33.4 Å². The monoisotopic (exact) mass is 418 g/mol. The molecule has 150 valence electrons. The Kier molecular flexibility index (Phi) is 5.32. The molecule has 0 saturated heterocycles. The van der Waals surface area contributed by atoms with Crippen LogP contribution in [-0.2, 0) is 5.41 Å². The van der Waals surface area contributed by atoms with E-state index in [1.54, 1.807) is 0 Å². The van der Waals surface area contributed by atoms with E-state index in [0.29, 0.717) is 0 Å². The second kappa shape index (κ2) is 8.41. The molecule has 1 heteroatoms. The van der Waals surface area contributed by atoms with Gasteiger partial charge in [0.25, 0.3) is 0 Å². The predicted octanol–water partition coefficient (Wildman–Crippen LogP) is 8.34. The van der Waals surface area contributed by atoms with Gasteiger partial charge in [-0.25, -0.2) is 0 Å². The van der Waals surface area contributed by atoms with E-state index in [0.717, 1.165) is 11.4 Å². The zero-order chi connectivity index (χ0) is 21.1. The van der Waals surface area contributed by atoms with Gasteiger partial charge in [0.2, 0.25) is 0 Å². The first-order valence-corrected chi connectivity index (χ1v) is 11.0. The summed E-state index contributed by atoms with van der Waals surface area (Å²) in [6, 6.07) is 38.4. The van der Waals surface area contributed by atoms with Crippen LogP contribution in [0.5, 0.6) is 0 Å². The number of hydrogen-bond acceptors (Lipinski definition) is 0. The zero-order valence-corrected chi connectivity index (χ0v) is 18.0. The van der Waals surface area contributed by atoms with E-state index in [2.05, 4.69) is 115 Å². The molecule has 0 N–H and O–H groups in total. The van der Waals surface area contributed by atoms with Gasteiger partial charge >= 0.3 is 0 Å². The first-order valence-electron chi connectivity index (χ1n) is 10.6. The van der Waals surface area contributed by atoms with Crippen LogP contribution < -0.4 is 0 Å². The Morgan fingerprint density at radius 1 is 0.581 bits per heavy atom. The summed E-state index contributed by atoms with van der Waals surface area (Å²) in [4.78, 5) is 0. The molecule has 31 heavy (non-hydrogen) atoms. The summed E-state index contributed by atoms with van der Waals surface area (Å²) >= 11 is 6.43. The molecule has 0 spiro atoms. The first-order chi connectivity index (χ1) is 15.2. The molecule has 1 aliphatic rings. The number of rotatable bonds is 4. The molecule has 0 heterocycles. The average molecular weight is 419 g/mol. The highest BCUT2D eigenvalue weighted by Gasteiger charge is 2.34. The molecular weight excluding hydrogens is 396 g/mol. The topological polar surface area (TPSA) is 0 Å². The molecule has 0 nitrogen and oxygen atoms in total. The normalized spacial score (nSPS) is 17.9. The van der Waals surface area contributed by atoms with E-state index >= 15 is 0 Å². The van der Waals surface area contributed by atoms with Gasteiger partial charge in [-0.15, -0.1) is 0 Å². The van der Waals surface area contributed by atoms with Crippen LogP contribution in [0.2, 0.25) is 5.02 Å². The van der Waals surface area contributed by atoms with Crippen molar-refractivity contribution in [2.75, 3.05) is 0 Å². The lowest BCUT2D eigenvalue weighted by Crippen LogP contribution is -2.27. The van der Waals surface area contributed by atoms with Crippen LogP contribution in [0.1, 0.15) is 23.1 Å². The fraction of sp³-hybridized carbons (Fsp3) is 0.0667. The molecule has 1 aliphatic carbocycles. The lowest BCUT2D eigenvalue weighted by Gasteiger charge is -2.35. The largest absolute Gasteiger partial charge is 0.0843 e. The number of benzene rings is 4. The quantitative estimate of drug-likeness (QED) is 0.312. The Labute approximate surface area is 189 Å². The molecule has 0 radical (unpaired) electrons. The molecule has 0 aliphatic heterocycles. The van der Waals surface area contributed by atoms with Crippen molar-refractivity contribution in [2.24, 2.45) is 0 Å². The maximum atomic E-state index is 6.43. The number of halogens is 1. The Hall–Kier alpha value is -3.35. The van der Waals surface area contributed by atoms with Gasteiger partial charge in [0.15, 0.2) is 0 Å². The third kappa shape index (κ3) is 3.87. The van der Waals surface area contributed by atoms with Crippen LogP contribution in [-0.4, -0.2) is 0 Å². The van der Waals surface area contributed by atoms with E-state index in [9.17, 15) is 0 Å². The Morgan fingerprint density at radius 3 is 1.90 bits per heavy atom. The zero-order valence-electron chi connectivity index (χ0n) is 17.2. The number of allylic oxidation sites excluding steroid dienone is 4. The highest BCUT2D eigenvalue weighted by molar-refractivity contribution is 6.30. The lowest BCUT2D eigenvalue weighted by atomic mass is 9.67. The van der Waals surface area contributed by atoms with E-state index in [4.69, 9.17) is 11.6 Å². The maximum absolute atomic E-state index is 6.43. The van der Waals surface area contributed by atoms with Crippen LogP contribution in [0, 0.1) is 0 Å². The van der Waals surface area contributed by atoms with Gasteiger partial charge in [0.1, 0.15) is 0 Å². The molecule has 4 aromatic carbocycles. The molecule has 0 bridgehead atoms. The summed E-state index contributed by atoms with van der Waals surface area (Å²) in [5, 5.41) is 0.766. The Morgan fingerprint density at radius 2 is 1.23 bits per heavy atom. The molecule has 0 amide bonds. The minimum Gasteiger partial charge on any atom is -0.0843 e. The number of hydrogen-bond donors (Lipinski definition) is 0. The SMILES string of the molecule is Clc1cccc(C2(c3ccc(-c4ccccc4)cc3)C=CC=C(c3ccccc3)C2)c1. The highest BCUT2D eigenvalue weighted by atomic mass is 35.5. The second-order valence-corrected chi connectivity index (χ2v) is 8.46. The Bertz CT molecular complexity index is 1230. The van der Waals surface area contributed by atoms with E-state index < -0.39 is 0 Å². The van der Waals surface area contributed by atoms with Crippen LogP contribution in [0.4, 0.5) is 0 Å². The fourth-order valence-corrected chi connectivity index (χ4v) is 4.71. The highest BCUT2D eigenvalue weighted by Crippen LogP contribution is 2.45. The summed E-state index contributed by atoms with van der Waals surface area (Å²) in [6.07, 6.45) is 7.63. The molecule has 0 saturated carbocycles. The smallest absolute Gasteiger partial charge is 0.0425 e. The van der Waals surface area contributed by atoms with Crippen molar-refractivity contribution in [3.05, 3.63) is 149 Å². The standard InChI is InChI=1S/C30H23Cl/c31-29-15-7-14-28(21-29)30(20-8-13-26(22-30)24-11-5-2-6-12-24)27-18-16-25(17-19-27)23-9-3-1-4-10-23/h1-21H,22H2. The molecule has 1 atom stereocenters. The molecule has 0 aromatic heterocycles. The van der Waals surface area contributed by atoms with Gasteiger partial charge < -0.3 is 0 Å². The summed E-state index contributed by atoms with van der Waals surface area (Å²) < 4.78 is 0. The van der Waals surface area contributed by atoms with Gasteiger partial charge in [-0.3, -0.25) is 0 Å². The van der Waals surface area contributed by atoms with Gasteiger partial charge in [-0.2, -0.15) is 0 Å². The van der Waals surface area contributed by atoms with Crippen molar-refractivity contribution in [1.29, 1.82) is 0 Å². The van der Waals surface area contributed by atoms with Crippen molar-refractivity contribution in [2.45, 2.75) is 11.8 Å². The van der Waals surface area contributed by atoms with E-state index in [-0.39, 0.29) is 5.41 Å².